The maximum Gasteiger partial charge on any atom is 0.490 e. The van der Waals surface area contributed by atoms with Crippen molar-refractivity contribution in [2.75, 3.05) is 6.54 Å². The number of aromatic hydroxyl groups is 1. The van der Waals surface area contributed by atoms with E-state index in [1.165, 1.54) is 0 Å². The monoisotopic (exact) mass is 377 g/mol. The Morgan fingerprint density at radius 1 is 1.48 bits per heavy atom. The van der Waals surface area contributed by atoms with Crippen molar-refractivity contribution in [3.8, 4) is 5.88 Å². The van der Waals surface area contributed by atoms with Crippen molar-refractivity contribution < 1.29 is 33.0 Å². The zero-order chi connectivity index (χ0) is 18.8. The molecule has 1 aliphatic rings. The lowest BCUT2D eigenvalue weighted by Crippen LogP contribution is -2.33. The number of aliphatic carboxylic acids is 1. The number of carboxylic acid groups (broad SMARTS) is 1. The van der Waals surface area contributed by atoms with Gasteiger partial charge in [-0.3, -0.25) is 4.79 Å². The van der Waals surface area contributed by atoms with Crippen LogP contribution >= 0.6 is 11.3 Å². The van der Waals surface area contributed by atoms with Crippen molar-refractivity contribution >= 4 is 33.3 Å². The van der Waals surface area contributed by atoms with Crippen LogP contribution < -0.4 is 5.73 Å². The molecule has 0 spiro atoms. The fraction of sp³-hybridized carbons (Fsp3) is 0.357. The Kier molecular flexibility index (Phi) is 5.48. The predicted molar refractivity (Wildman–Crippen MR) is 83.0 cm³/mol. The van der Waals surface area contributed by atoms with E-state index < -0.39 is 12.1 Å². The smallest absolute Gasteiger partial charge is 0.490 e. The van der Waals surface area contributed by atoms with Gasteiger partial charge in [0.25, 0.3) is 0 Å². The number of carbonyl (C=O) groups is 2. The Morgan fingerprint density at radius 3 is 2.64 bits per heavy atom. The second kappa shape index (κ2) is 7.23. The number of halogens is 3. The quantitative estimate of drug-likeness (QED) is 0.733. The molecule has 1 aliphatic heterocycles. The summed E-state index contributed by atoms with van der Waals surface area (Å²) in [5.41, 5.74) is 6.62. The van der Waals surface area contributed by atoms with Crippen LogP contribution in [0.4, 0.5) is 13.2 Å². The number of pyridine rings is 1. The van der Waals surface area contributed by atoms with Gasteiger partial charge in [0.05, 0.1) is 11.4 Å². The number of rotatable bonds is 2. The third kappa shape index (κ3) is 4.37. The molecule has 7 nitrogen and oxygen atoms in total. The van der Waals surface area contributed by atoms with Gasteiger partial charge in [0.2, 0.25) is 11.8 Å². The lowest BCUT2D eigenvalue weighted by atomic mass is 10.2. The van der Waals surface area contributed by atoms with Crippen molar-refractivity contribution in [1.82, 2.24) is 9.88 Å². The van der Waals surface area contributed by atoms with Crippen LogP contribution in [0.2, 0.25) is 0 Å². The van der Waals surface area contributed by atoms with Gasteiger partial charge in [0, 0.05) is 24.0 Å². The first-order valence-electron chi connectivity index (χ1n) is 6.99. The molecule has 3 heterocycles. The molecule has 2 aromatic rings. The molecule has 1 fully saturated rings. The summed E-state index contributed by atoms with van der Waals surface area (Å²) >= 11 is 1.54. The van der Waals surface area contributed by atoms with Gasteiger partial charge in [-0.1, -0.05) is 0 Å². The van der Waals surface area contributed by atoms with Crippen molar-refractivity contribution in [2.45, 2.75) is 25.2 Å². The summed E-state index contributed by atoms with van der Waals surface area (Å²) in [5, 5.41) is 19.6. The average Bonchev–Trinajstić information content (AvgIpc) is 3.07. The fourth-order valence-corrected chi connectivity index (χ4v) is 3.21. The largest absolute Gasteiger partial charge is 0.493 e. The van der Waals surface area contributed by atoms with Gasteiger partial charge in [-0.25, -0.2) is 9.78 Å². The topological polar surface area (TPSA) is 117 Å². The van der Waals surface area contributed by atoms with E-state index in [4.69, 9.17) is 15.6 Å². The van der Waals surface area contributed by atoms with Crippen molar-refractivity contribution in [2.24, 2.45) is 5.73 Å². The number of carbonyl (C=O) groups excluding carboxylic acids is 1. The van der Waals surface area contributed by atoms with E-state index in [1.807, 2.05) is 11.4 Å². The van der Waals surface area contributed by atoms with E-state index >= 15 is 0 Å². The second-order valence-corrected chi connectivity index (χ2v) is 6.14. The Morgan fingerprint density at radius 2 is 2.12 bits per heavy atom. The Bertz CT molecular complexity index is 793. The maximum atomic E-state index is 11.8. The zero-order valence-electron chi connectivity index (χ0n) is 12.7. The Balaban J connectivity index is 0.000000277. The normalized spacial score (nSPS) is 17.5. The first-order chi connectivity index (χ1) is 11.6. The summed E-state index contributed by atoms with van der Waals surface area (Å²) in [4.78, 5) is 26.3. The van der Waals surface area contributed by atoms with Crippen molar-refractivity contribution in [3.05, 3.63) is 23.2 Å². The Hall–Kier alpha value is -2.40. The van der Waals surface area contributed by atoms with E-state index in [0.717, 1.165) is 15.6 Å². The maximum absolute atomic E-state index is 11.8. The molecule has 0 saturated carbocycles. The molecule has 1 atom stereocenters. The van der Waals surface area contributed by atoms with Crippen LogP contribution in [0, 0.1) is 0 Å². The van der Waals surface area contributed by atoms with Crippen LogP contribution in [0.3, 0.4) is 0 Å². The van der Waals surface area contributed by atoms with Crippen LogP contribution in [-0.2, 0) is 16.1 Å². The zero-order valence-corrected chi connectivity index (χ0v) is 13.5. The van der Waals surface area contributed by atoms with Gasteiger partial charge in [-0.05, 0) is 23.4 Å². The van der Waals surface area contributed by atoms with Gasteiger partial charge >= 0.3 is 12.1 Å². The number of fused-ring (bicyclic) bond motifs is 1. The summed E-state index contributed by atoms with van der Waals surface area (Å²) in [6.45, 7) is 1.17. The van der Waals surface area contributed by atoms with E-state index in [-0.39, 0.29) is 17.8 Å². The number of hydrogen-bond acceptors (Lipinski definition) is 6. The summed E-state index contributed by atoms with van der Waals surface area (Å²) < 4.78 is 32.7. The number of likely N-dealkylation sites (tertiary alicyclic amines) is 1. The number of thiophene rings is 1. The molecule has 0 aromatic carbocycles. The van der Waals surface area contributed by atoms with E-state index in [9.17, 15) is 23.1 Å². The van der Waals surface area contributed by atoms with Gasteiger partial charge in [-0.15, -0.1) is 11.3 Å². The second-order valence-electron chi connectivity index (χ2n) is 5.23. The van der Waals surface area contributed by atoms with Gasteiger partial charge in [0.1, 0.15) is 0 Å². The molecule has 0 radical (unpaired) electrons. The summed E-state index contributed by atoms with van der Waals surface area (Å²) in [7, 11) is 0. The molecule has 0 unspecified atom stereocenters. The van der Waals surface area contributed by atoms with Gasteiger partial charge in [0.15, 0.2) is 0 Å². The number of nitrogens with two attached hydrogens (primary N) is 1. The minimum atomic E-state index is -5.08. The van der Waals surface area contributed by atoms with E-state index in [1.54, 1.807) is 22.4 Å². The first-order valence-corrected chi connectivity index (χ1v) is 7.87. The molecule has 4 N–H and O–H groups in total. The Labute approximate surface area is 143 Å². The SMILES string of the molecule is N[C@H]1CCN(Cc2csc3ccnc(O)c23)C1=O.O=C(O)C(F)(F)F. The molecule has 136 valence electrons. The van der Waals surface area contributed by atoms with Crippen LogP contribution in [0.25, 0.3) is 10.1 Å². The van der Waals surface area contributed by atoms with Crippen LogP contribution in [0.15, 0.2) is 17.6 Å². The molecule has 2 aromatic heterocycles. The van der Waals surface area contributed by atoms with Crippen LogP contribution in [0.5, 0.6) is 5.88 Å². The predicted octanol–water partition coefficient (Wildman–Crippen LogP) is 1.69. The molecule has 0 aliphatic carbocycles. The number of carboxylic acids is 1. The third-order valence-corrected chi connectivity index (χ3v) is 4.48. The highest BCUT2D eigenvalue weighted by Crippen LogP contribution is 2.32. The molecule has 1 amide bonds. The van der Waals surface area contributed by atoms with Crippen molar-refractivity contribution in [3.63, 3.8) is 0 Å². The fourth-order valence-electron chi connectivity index (χ4n) is 2.27. The summed E-state index contributed by atoms with van der Waals surface area (Å²) in [5.74, 6) is -2.75. The first kappa shape index (κ1) is 18.9. The lowest BCUT2D eigenvalue weighted by molar-refractivity contribution is -0.192. The minimum Gasteiger partial charge on any atom is -0.493 e. The lowest BCUT2D eigenvalue weighted by Gasteiger charge is -2.15. The summed E-state index contributed by atoms with van der Waals surface area (Å²) in [6.07, 6.45) is -2.81. The molecule has 0 bridgehead atoms. The minimum absolute atomic E-state index is 0.0160. The highest BCUT2D eigenvalue weighted by Gasteiger charge is 2.38. The molecular formula is C14H14F3N3O4S. The highest BCUT2D eigenvalue weighted by molar-refractivity contribution is 7.17. The molecule has 3 rings (SSSR count). The average molecular weight is 377 g/mol. The third-order valence-electron chi connectivity index (χ3n) is 3.48. The standard InChI is InChI=1S/C12H13N3O2S.C2HF3O2/c13-8-2-4-15(12(8)17)5-7-6-18-9-1-3-14-11(16)10(7)9;3-2(4,5)1(6)7/h1,3,6,8H,2,4-5,13H2,(H,14,16);(H,6,7)/t8-;/m0./s1. The highest BCUT2D eigenvalue weighted by atomic mass is 32.1. The number of aromatic nitrogens is 1. The van der Waals surface area contributed by atoms with E-state index in [0.29, 0.717) is 19.5 Å². The van der Waals surface area contributed by atoms with E-state index in [2.05, 4.69) is 4.98 Å². The van der Waals surface area contributed by atoms with Crippen LogP contribution in [-0.4, -0.2) is 50.7 Å². The van der Waals surface area contributed by atoms with Crippen molar-refractivity contribution in [1.29, 1.82) is 0 Å². The van der Waals surface area contributed by atoms with Gasteiger partial charge in [-0.2, -0.15) is 13.2 Å². The number of alkyl halides is 3. The number of amides is 1. The number of hydrogen-bond donors (Lipinski definition) is 3. The molecule has 25 heavy (non-hydrogen) atoms. The number of nitrogens with zero attached hydrogens (tertiary/aromatic N) is 2. The summed E-state index contributed by atoms with van der Waals surface area (Å²) in [6, 6.07) is 1.49. The van der Waals surface area contributed by atoms with Crippen LogP contribution in [0.1, 0.15) is 12.0 Å². The molecular weight excluding hydrogens is 363 g/mol. The molecule has 1 saturated heterocycles. The van der Waals surface area contributed by atoms with Gasteiger partial charge < -0.3 is 20.8 Å². The molecule has 11 heteroatoms.